The fourth-order valence-corrected chi connectivity index (χ4v) is 4.00. The predicted molar refractivity (Wildman–Crippen MR) is 99.6 cm³/mol. The Balaban J connectivity index is 2.03. The van der Waals surface area contributed by atoms with Crippen LogP contribution in [0.1, 0.15) is 11.1 Å². The largest absolute Gasteiger partial charge is 0.395 e. The van der Waals surface area contributed by atoms with Gasteiger partial charge in [-0.3, -0.25) is 0 Å². The molecule has 0 atom stereocenters. The third-order valence-electron chi connectivity index (χ3n) is 4.10. The van der Waals surface area contributed by atoms with Gasteiger partial charge in [-0.05, 0) is 35.4 Å². The topological polar surface area (TPSA) is 137 Å². The summed E-state index contributed by atoms with van der Waals surface area (Å²) in [6, 6.07) is 10.4. The highest BCUT2D eigenvalue weighted by atomic mass is 32.2. The third kappa shape index (κ3) is 3.29. The predicted octanol–water partition coefficient (Wildman–Crippen LogP) is 0.0529. The van der Waals surface area contributed by atoms with Crippen LogP contribution in [-0.4, -0.2) is 50.6 Å². The molecule has 2 aromatic carbocycles. The van der Waals surface area contributed by atoms with Gasteiger partial charge in [-0.1, -0.05) is 12.1 Å². The van der Waals surface area contributed by atoms with Crippen LogP contribution in [0.25, 0.3) is 11.1 Å². The van der Waals surface area contributed by atoms with E-state index in [4.69, 9.17) is 16.1 Å². The van der Waals surface area contributed by atoms with Gasteiger partial charge >= 0.3 is 0 Å². The van der Waals surface area contributed by atoms with Crippen LogP contribution in [-0.2, 0) is 10.0 Å². The van der Waals surface area contributed by atoms with Crippen LogP contribution in [0.5, 0.6) is 0 Å². The first-order valence-corrected chi connectivity index (χ1v) is 9.52. The van der Waals surface area contributed by atoms with Crippen molar-refractivity contribution >= 4 is 21.4 Å². The smallest absolute Gasteiger partial charge is 0.240 e. The molecule has 8 nitrogen and oxygen atoms in total. The molecule has 0 radical (unpaired) electrons. The van der Waals surface area contributed by atoms with Gasteiger partial charge in [-0.2, -0.15) is 5.10 Å². The van der Waals surface area contributed by atoms with Crippen LogP contribution in [0.15, 0.2) is 46.4 Å². The number of aliphatic hydroxyl groups excluding tert-OH is 2. The molecule has 138 valence electrons. The summed E-state index contributed by atoms with van der Waals surface area (Å²) < 4.78 is 26.9. The van der Waals surface area contributed by atoms with Crippen molar-refractivity contribution in [2.75, 3.05) is 31.6 Å². The molecule has 1 aliphatic carbocycles. The maximum atomic E-state index is 12.3. The van der Waals surface area contributed by atoms with Crippen molar-refractivity contribution in [3.63, 3.8) is 0 Å². The summed E-state index contributed by atoms with van der Waals surface area (Å²) in [5.41, 5.74) is 4.49. The summed E-state index contributed by atoms with van der Waals surface area (Å²) in [7, 11) is -3.73. The van der Waals surface area contributed by atoms with Crippen molar-refractivity contribution in [1.82, 2.24) is 4.72 Å². The molecule has 0 saturated carbocycles. The number of anilines is 1. The van der Waals surface area contributed by atoms with Gasteiger partial charge in [0.15, 0.2) is 0 Å². The second kappa shape index (κ2) is 7.42. The summed E-state index contributed by atoms with van der Waals surface area (Å²) in [6.07, 6.45) is 0. The molecule has 0 fully saturated rings. The molecule has 3 rings (SSSR count). The molecule has 6 N–H and O–H groups in total. The number of rotatable bonds is 7. The van der Waals surface area contributed by atoms with Gasteiger partial charge in [0.1, 0.15) is 0 Å². The molecular weight excluding hydrogens is 356 g/mol. The second-order valence-corrected chi connectivity index (χ2v) is 7.48. The van der Waals surface area contributed by atoms with Gasteiger partial charge in [0.05, 0.1) is 23.8 Å². The number of nitrogens with one attached hydrogen (secondary N) is 2. The van der Waals surface area contributed by atoms with Gasteiger partial charge in [0, 0.05) is 29.9 Å². The van der Waals surface area contributed by atoms with Crippen LogP contribution in [0.4, 0.5) is 5.69 Å². The molecule has 0 amide bonds. The van der Waals surface area contributed by atoms with Gasteiger partial charge in [-0.25, -0.2) is 13.1 Å². The van der Waals surface area contributed by atoms with E-state index < -0.39 is 10.0 Å². The summed E-state index contributed by atoms with van der Waals surface area (Å²) in [5, 5.41) is 24.7. The third-order valence-corrected chi connectivity index (χ3v) is 5.55. The quantitative estimate of drug-likeness (QED) is 0.292. The number of aliphatic hydroxyl groups is 2. The molecule has 0 aliphatic heterocycles. The molecule has 0 aromatic heterocycles. The molecule has 0 unspecified atom stereocenters. The standard InChI is InChI=1S/C17H20N4O4S/c18-21-17-15-9-11(19-5-7-22)1-3-13(15)14-4-2-12(10-16(14)17)26(24,25)20-6-8-23/h1-4,9-10,19-20,22-23H,5-8,18H2/b21-17-. The van der Waals surface area contributed by atoms with Gasteiger partial charge in [0.25, 0.3) is 0 Å². The summed E-state index contributed by atoms with van der Waals surface area (Å²) in [4.78, 5) is 0.0808. The second-order valence-electron chi connectivity index (χ2n) is 5.72. The first kappa shape index (κ1) is 18.3. The Morgan fingerprint density at radius 3 is 2.23 bits per heavy atom. The normalized spacial score (nSPS) is 14.3. The van der Waals surface area contributed by atoms with E-state index in [0.29, 0.717) is 17.8 Å². The maximum Gasteiger partial charge on any atom is 0.240 e. The van der Waals surface area contributed by atoms with Crippen molar-refractivity contribution in [1.29, 1.82) is 0 Å². The molecular formula is C17H20N4O4S. The van der Waals surface area contributed by atoms with Crippen LogP contribution in [0.3, 0.4) is 0 Å². The number of fused-ring (bicyclic) bond motifs is 3. The van der Waals surface area contributed by atoms with E-state index in [2.05, 4.69) is 15.1 Å². The average Bonchev–Trinajstić information content (AvgIpc) is 2.96. The van der Waals surface area contributed by atoms with Gasteiger partial charge < -0.3 is 21.4 Å². The van der Waals surface area contributed by atoms with E-state index in [1.807, 2.05) is 18.2 Å². The number of nitrogens with two attached hydrogens (primary N) is 1. The van der Waals surface area contributed by atoms with E-state index in [1.54, 1.807) is 6.07 Å². The van der Waals surface area contributed by atoms with Gasteiger partial charge in [-0.15, -0.1) is 0 Å². The van der Waals surface area contributed by atoms with E-state index >= 15 is 0 Å². The number of nitrogens with zero attached hydrogens (tertiary/aromatic N) is 1. The zero-order valence-corrected chi connectivity index (χ0v) is 14.8. The summed E-state index contributed by atoms with van der Waals surface area (Å²) in [5.74, 6) is 5.58. The van der Waals surface area contributed by atoms with E-state index in [9.17, 15) is 8.42 Å². The number of benzene rings is 2. The fraction of sp³-hybridized carbons (Fsp3) is 0.235. The Hall–Kier alpha value is -2.46. The minimum atomic E-state index is -3.73. The number of sulfonamides is 1. The molecule has 0 saturated heterocycles. The van der Waals surface area contributed by atoms with Crippen LogP contribution in [0, 0.1) is 0 Å². The Bertz CT molecular complexity index is 957. The van der Waals surface area contributed by atoms with Crippen LogP contribution < -0.4 is 15.9 Å². The molecule has 1 aliphatic rings. The SMILES string of the molecule is N/N=C1/c2cc(NCCO)ccc2-c2ccc(S(=O)(=O)NCCO)cc21. The fourth-order valence-electron chi connectivity index (χ4n) is 2.95. The average molecular weight is 376 g/mol. The van der Waals surface area contributed by atoms with Crippen LogP contribution in [0.2, 0.25) is 0 Å². The van der Waals surface area contributed by atoms with E-state index in [-0.39, 0.29) is 24.7 Å². The zero-order valence-electron chi connectivity index (χ0n) is 13.9. The van der Waals surface area contributed by atoms with Crippen molar-refractivity contribution in [2.24, 2.45) is 10.9 Å². The molecule has 9 heteroatoms. The van der Waals surface area contributed by atoms with Crippen molar-refractivity contribution in [3.05, 3.63) is 47.5 Å². The van der Waals surface area contributed by atoms with E-state index in [1.165, 1.54) is 12.1 Å². The lowest BCUT2D eigenvalue weighted by Gasteiger charge is -2.07. The number of hydrogen-bond acceptors (Lipinski definition) is 7. The maximum absolute atomic E-state index is 12.3. The molecule has 2 aromatic rings. The Labute approximate surface area is 151 Å². The molecule has 0 bridgehead atoms. The number of hydrazone groups is 1. The van der Waals surface area contributed by atoms with Crippen molar-refractivity contribution in [3.8, 4) is 11.1 Å². The summed E-state index contributed by atoms with van der Waals surface area (Å²) >= 11 is 0. The Morgan fingerprint density at radius 2 is 1.58 bits per heavy atom. The van der Waals surface area contributed by atoms with Crippen molar-refractivity contribution in [2.45, 2.75) is 4.90 Å². The minimum Gasteiger partial charge on any atom is -0.395 e. The Kier molecular flexibility index (Phi) is 5.23. The highest BCUT2D eigenvalue weighted by Gasteiger charge is 2.27. The molecule has 0 spiro atoms. The highest BCUT2D eigenvalue weighted by molar-refractivity contribution is 7.89. The first-order valence-electron chi connectivity index (χ1n) is 8.04. The lowest BCUT2D eigenvalue weighted by Crippen LogP contribution is -2.26. The monoisotopic (exact) mass is 376 g/mol. The van der Waals surface area contributed by atoms with Crippen molar-refractivity contribution < 1.29 is 18.6 Å². The van der Waals surface area contributed by atoms with E-state index in [0.717, 1.165) is 22.4 Å². The Morgan fingerprint density at radius 1 is 0.923 bits per heavy atom. The first-order chi connectivity index (χ1) is 12.5. The molecule has 26 heavy (non-hydrogen) atoms. The lowest BCUT2D eigenvalue weighted by molar-refractivity contribution is 0.301. The van der Waals surface area contributed by atoms with Crippen LogP contribution >= 0.6 is 0 Å². The summed E-state index contributed by atoms with van der Waals surface area (Å²) in [6.45, 7) is 0.0864. The minimum absolute atomic E-state index is 0.0111. The van der Waals surface area contributed by atoms with Gasteiger partial charge in [0.2, 0.25) is 10.0 Å². The molecule has 0 heterocycles. The highest BCUT2D eigenvalue weighted by Crippen LogP contribution is 2.39. The zero-order chi connectivity index (χ0) is 18.7. The number of hydrogen-bond donors (Lipinski definition) is 5. The lowest BCUT2D eigenvalue weighted by atomic mass is 10.1.